The minimum absolute atomic E-state index is 0.00320. The molecule has 2 fully saturated rings. The molecule has 8 heteroatoms. The number of rotatable bonds is 5. The van der Waals surface area contributed by atoms with Crippen LogP contribution in [0.15, 0.2) is 34.8 Å². The third-order valence-corrected chi connectivity index (χ3v) is 7.89. The third-order valence-electron chi connectivity index (χ3n) is 5.66. The minimum atomic E-state index is -3.12. The van der Waals surface area contributed by atoms with Crippen molar-refractivity contribution in [1.29, 1.82) is 0 Å². The van der Waals surface area contributed by atoms with E-state index >= 15 is 0 Å². The van der Waals surface area contributed by atoms with Crippen LogP contribution < -0.4 is 0 Å². The molecule has 148 valence electrons. The van der Waals surface area contributed by atoms with Crippen LogP contribution in [0, 0.1) is 17.3 Å². The van der Waals surface area contributed by atoms with Crippen LogP contribution in [0.1, 0.15) is 25.8 Å². The first-order chi connectivity index (χ1) is 12.5. The molecule has 1 aromatic carbocycles. The molecule has 0 spiro atoms. The number of allylic oxidation sites excluding steroid dienone is 1. The number of sulfone groups is 1. The SMILES string of the molecule is CC1(C)[C@@H](C=C(Cl)Cl)[C@@H]1C(=O)N(Cc1cccc(Cl)c1)[C@@H]1CCS(=O)(=O)C1. The van der Waals surface area contributed by atoms with Crippen LogP contribution in [0.2, 0.25) is 5.02 Å². The van der Waals surface area contributed by atoms with Gasteiger partial charge >= 0.3 is 0 Å². The summed E-state index contributed by atoms with van der Waals surface area (Å²) in [6.45, 7) is 4.32. The molecule has 27 heavy (non-hydrogen) atoms. The highest BCUT2D eigenvalue weighted by Crippen LogP contribution is 2.60. The van der Waals surface area contributed by atoms with Gasteiger partial charge in [0.15, 0.2) is 9.84 Å². The fraction of sp³-hybridized carbons (Fsp3) is 0.526. The lowest BCUT2D eigenvalue weighted by Crippen LogP contribution is -2.42. The van der Waals surface area contributed by atoms with Crippen LogP contribution in [0.25, 0.3) is 0 Å². The van der Waals surface area contributed by atoms with Gasteiger partial charge in [0, 0.05) is 17.6 Å². The smallest absolute Gasteiger partial charge is 0.227 e. The van der Waals surface area contributed by atoms with Gasteiger partial charge in [-0.2, -0.15) is 0 Å². The minimum Gasteiger partial charge on any atom is -0.334 e. The van der Waals surface area contributed by atoms with Gasteiger partial charge in [-0.15, -0.1) is 0 Å². The lowest BCUT2D eigenvalue weighted by Gasteiger charge is -2.29. The van der Waals surface area contributed by atoms with Crippen molar-refractivity contribution in [3.63, 3.8) is 0 Å². The largest absolute Gasteiger partial charge is 0.334 e. The Bertz CT molecular complexity index is 878. The first-order valence-corrected chi connectivity index (χ1v) is 11.7. The van der Waals surface area contributed by atoms with Crippen LogP contribution in [0.4, 0.5) is 0 Å². The summed E-state index contributed by atoms with van der Waals surface area (Å²) in [7, 11) is -3.12. The van der Waals surface area contributed by atoms with Crippen molar-refractivity contribution < 1.29 is 13.2 Å². The normalized spacial score (nSPS) is 27.8. The topological polar surface area (TPSA) is 54.5 Å². The highest BCUT2D eigenvalue weighted by atomic mass is 35.5. The molecular formula is C19H22Cl3NO3S. The monoisotopic (exact) mass is 449 g/mol. The molecule has 1 aromatic rings. The Morgan fingerprint density at radius 2 is 2.04 bits per heavy atom. The second kappa shape index (κ2) is 7.58. The number of halogens is 3. The van der Waals surface area contributed by atoms with Crippen LogP contribution in [0.5, 0.6) is 0 Å². The number of carbonyl (C=O) groups excluding carboxylic acids is 1. The molecule has 1 amide bonds. The van der Waals surface area contributed by atoms with Crippen molar-refractivity contribution in [2.75, 3.05) is 11.5 Å². The summed E-state index contributed by atoms with van der Waals surface area (Å²) >= 11 is 17.7. The molecule has 1 saturated carbocycles. The van der Waals surface area contributed by atoms with E-state index < -0.39 is 9.84 Å². The van der Waals surface area contributed by atoms with Crippen LogP contribution >= 0.6 is 34.8 Å². The summed E-state index contributed by atoms with van der Waals surface area (Å²) in [5.41, 5.74) is 0.608. The lowest BCUT2D eigenvalue weighted by atomic mass is 10.1. The number of benzene rings is 1. The lowest BCUT2D eigenvalue weighted by molar-refractivity contribution is -0.136. The zero-order valence-corrected chi connectivity index (χ0v) is 18.2. The summed E-state index contributed by atoms with van der Waals surface area (Å²) in [6, 6.07) is 6.96. The maximum atomic E-state index is 13.4. The third kappa shape index (κ3) is 4.64. The van der Waals surface area contributed by atoms with Crippen molar-refractivity contribution in [2.24, 2.45) is 17.3 Å². The first-order valence-electron chi connectivity index (χ1n) is 8.79. The van der Waals surface area contributed by atoms with Gasteiger partial charge in [-0.1, -0.05) is 60.8 Å². The van der Waals surface area contributed by atoms with E-state index in [0.717, 1.165) is 5.56 Å². The van der Waals surface area contributed by atoms with E-state index in [1.54, 1.807) is 23.1 Å². The first kappa shape index (κ1) is 21.0. The van der Waals surface area contributed by atoms with Crippen molar-refractivity contribution in [3.05, 3.63) is 45.4 Å². The van der Waals surface area contributed by atoms with Gasteiger partial charge in [0.1, 0.15) is 4.49 Å². The maximum absolute atomic E-state index is 13.4. The second-order valence-electron chi connectivity index (χ2n) is 7.93. The van der Waals surface area contributed by atoms with Crippen LogP contribution in [-0.2, 0) is 21.2 Å². The summed E-state index contributed by atoms with van der Waals surface area (Å²) in [4.78, 5) is 15.1. The van der Waals surface area contributed by atoms with Gasteiger partial charge < -0.3 is 4.90 Å². The van der Waals surface area contributed by atoms with Gasteiger partial charge in [-0.3, -0.25) is 4.79 Å². The second-order valence-corrected chi connectivity index (χ2v) is 11.6. The molecule has 4 nitrogen and oxygen atoms in total. The maximum Gasteiger partial charge on any atom is 0.227 e. The molecule has 3 atom stereocenters. The van der Waals surface area contributed by atoms with Crippen molar-refractivity contribution in [1.82, 2.24) is 4.90 Å². The Kier molecular flexibility index (Phi) is 5.89. The van der Waals surface area contributed by atoms with E-state index in [1.165, 1.54) is 0 Å². The van der Waals surface area contributed by atoms with E-state index in [0.29, 0.717) is 18.0 Å². The van der Waals surface area contributed by atoms with Gasteiger partial charge in [0.25, 0.3) is 0 Å². The fourth-order valence-corrected chi connectivity index (χ4v) is 6.23. The van der Waals surface area contributed by atoms with Crippen LogP contribution in [0.3, 0.4) is 0 Å². The Labute approximate surface area is 175 Å². The standard InChI is InChI=1S/C19H22Cl3NO3S/c1-19(2)15(9-16(21)22)17(19)18(24)23(14-6-7-27(25,26)11-14)10-12-4-3-5-13(20)8-12/h3-5,8-9,14-15,17H,6-7,10-11H2,1-2H3/t14-,15+,17-/m1/s1. The number of nitrogens with zero attached hydrogens (tertiary/aromatic N) is 1. The van der Waals surface area contributed by atoms with E-state index in [4.69, 9.17) is 34.8 Å². The van der Waals surface area contributed by atoms with Crippen molar-refractivity contribution >= 4 is 50.5 Å². The molecule has 3 rings (SSSR count). The number of hydrogen-bond donors (Lipinski definition) is 0. The predicted octanol–water partition coefficient (Wildman–Crippen LogP) is 4.45. The van der Waals surface area contributed by atoms with E-state index in [1.807, 2.05) is 26.0 Å². The zero-order valence-electron chi connectivity index (χ0n) is 15.2. The zero-order chi connectivity index (χ0) is 20.0. The predicted molar refractivity (Wildman–Crippen MR) is 110 cm³/mol. The Morgan fingerprint density at radius 1 is 1.33 bits per heavy atom. The number of hydrogen-bond acceptors (Lipinski definition) is 3. The van der Waals surface area contributed by atoms with Gasteiger partial charge in [-0.05, 0) is 41.5 Å². The molecule has 0 N–H and O–H groups in total. The highest BCUT2D eigenvalue weighted by molar-refractivity contribution is 7.91. The van der Waals surface area contributed by atoms with Gasteiger partial charge in [-0.25, -0.2) is 8.42 Å². The average molecular weight is 451 g/mol. The van der Waals surface area contributed by atoms with E-state index in [2.05, 4.69) is 0 Å². The summed E-state index contributed by atoms with van der Waals surface area (Å²) < 4.78 is 24.1. The molecule has 1 saturated heterocycles. The molecule has 0 unspecified atom stereocenters. The molecule has 0 bridgehead atoms. The van der Waals surface area contributed by atoms with E-state index in [-0.39, 0.29) is 45.2 Å². The van der Waals surface area contributed by atoms with E-state index in [9.17, 15) is 13.2 Å². The molecule has 1 heterocycles. The highest BCUT2D eigenvalue weighted by Gasteiger charge is 2.62. The number of carbonyl (C=O) groups is 1. The van der Waals surface area contributed by atoms with Gasteiger partial charge in [0.05, 0.1) is 17.4 Å². The molecular weight excluding hydrogens is 429 g/mol. The van der Waals surface area contributed by atoms with Crippen molar-refractivity contribution in [2.45, 2.75) is 32.9 Å². The number of amides is 1. The Balaban J connectivity index is 1.88. The fourth-order valence-electron chi connectivity index (χ4n) is 4.01. The summed E-state index contributed by atoms with van der Waals surface area (Å²) in [5.74, 6) is -0.272. The Morgan fingerprint density at radius 3 is 2.59 bits per heavy atom. The summed E-state index contributed by atoms with van der Waals surface area (Å²) in [6.07, 6.45) is 2.16. The summed E-state index contributed by atoms with van der Waals surface area (Å²) in [5, 5.41) is 0.584. The Hall–Kier alpha value is -0.750. The molecule has 0 radical (unpaired) electrons. The molecule has 1 aliphatic carbocycles. The molecule has 0 aromatic heterocycles. The molecule has 2 aliphatic rings. The quantitative estimate of drug-likeness (QED) is 0.666. The van der Waals surface area contributed by atoms with Crippen LogP contribution in [-0.4, -0.2) is 36.8 Å². The molecule has 1 aliphatic heterocycles. The van der Waals surface area contributed by atoms with Gasteiger partial charge in [0.2, 0.25) is 5.91 Å². The average Bonchev–Trinajstić information content (AvgIpc) is 2.88. The van der Waals surface area contributed by atoms with Crippen molar-refractivity contribution in [3.8, 4) is 0 Å².